The first-order valence-electron chi connectivity index (χ1n) is 19.2. The van der Waals surface area contributed by atoms with Crippen molar-refractivity contribution in [2.45, 2.75) is 84.7 Å². The van der Waals surface area contributed by atoms with Crippen LogP contribution in [-0.4, -0.2) is 88.0 Å². The standard InChI is InChI=1S/C43H43ClN6O7/c1-42(2)40(43(3,4)41(42)57-29-8-7-26(19-45)32(44)18-29)47-36(53)25-6-5-23-11-13-49(14-12-24(23)15-25)35(52)22-48-20-27-16-30-31(17-28(27)21-48)39(56)50(38(30)55)33-9-10-34(51)46-37(33)54/h5-8,15-18,33,40-41H,9-14,20-22H2,1-4H3,(H,47,53)(H,46,51,54)/t33?,40-,41-. The van der Waals surface area contributed by atoms with Crippen LogP contribution < -0.4 is 15.4 Å². The number of piperidine rings is 1. The van der Waals surface area contributed by atoms with Gasteiger partial charge in [0.25, 0.3) is 17.7 Å². The summed E-state index contributed by atoms with van der Waals surface area (Å²) in [6.45, 7) is 10.4. The number of nitrogens with zero attached hydrogens (tertiary/aromatic N) is 4. The second-order valence-corrected chi connectivity index (χ2v) is 17.3. The molecular formula is C43H43ClN6O7. The quantitative estimate of drug-likeness (QED) is 0.334. The first-order chi connectivity index (χ1) is 27.1. The highest BCUT2D eigenvalue weighted by Crippen LogP contribution is 2.55. The Bertz CT molecular complexity index is 2270. The number of nitriles is 1. The van der Waals surface area contributed by atoms with E-state index in [0.29, 0.717) is 60.9 Å². The Labute approximate surface area is 335 Å². The Hall–Kier alpha value is -5.58. The first-order valence-corrected chi connectivity index (χ1v) is 19.6. The van der Waals surface area contributed by atoms with Crippen LogP contribution in [0.1, 0.15) is 99.4 Å². The largest absolute Gasteiger partial charge is 0.489 e. The van der Waals surface area contributed by atoms with Crippen molar-refractivity contribution >= 4 is 47.0 Å². The van der Waals surface area contributed by atoms with Crippen LogP contribution in [-0.2, 0) is 40.3 Å². The molecule has 0 radical (unpaired) electrons. The van der Waals surface area contributed by atoms with E-state index in [1.807, 2.05) is 28.0 Å². The monoisotopic (exact) mass is 790 g/mol. The van der Waals surface area contributed by atoms with E-state index in [1.165, 1.54) is 0 Å². The number of carbonyl (C=O) groups excluding carboxylic acids is 6. The maximum absolute atomic E-state index is 13.7. The van der Waals surface area contributed by atoms with E-state index in [-0.39, 0.29) is 54.5 Å². The molecule has 1 unspecified atom stereocenters. The minimum Gasteiger partial charge on any atom is -0.489 e. The van der Waals surface area contributed by atoms with Gasteiger partial charge < -0.3 is 15.0 Å². The number of carbonyl (C=O) groups is 6. The normalized spacial score (nSPS) is 23.4. The van der Waals surface area contributed by atoms with Crippen molar-refractivity contribution in [1.82, 2.24) is 25.3 Å². The van der Waals surface area contributed by atoms with Crippen LogP contribution in [0.3, 0.4) is 0 Å². The molecule has 6 amide bonds. The Kier molecular flexibility index (Phi) is 9.48. The zero-order valence-corrected chi connectivity index (χ0v) is 33.0. The summed E-state index contributed by atoms with van der Waals surface area (Å²) in [6, 6.07) is 15.0. The number of halogens is 1. The highest BCUT2D eigenvalue weighted by atomic mass is 35.5. The number of fused-ring (bicyclic) bond motifs is 3. The van der Waals surface area contributed by atoms with E-state index in [0.717, 1.165) is 27.2 Å². The number of imide groups is 2. The Morgan fingerprint density at radius 2 is 1.53 bits per heavy atom. The molecular weight excluding hydrogens is 748 g/mol. The van der Waals surface area contributed by atoms with Gasteiger partial charge in [-0.1, -0.05) is 45.4 Å². The summed E-state index contributed by atoms with van der Waals surface area (Å²) in [7, 11) is 0. The molecule has 0 aromatic heterocycles. The van der Waals surface area contributed by atoms with Crippen molar-refractivity contribution < 1.29 is 33.5 Å². The molecule has 0 spiro atoms. The average Bonchev–Trinajstić information content (AvgIpc) is 3.56. The van der Waals surface area contributed by atoms with Crippen molar-refractivity contribution in [3.63, 3.8) is 0 Å². The zero-order valence-electron chi connectivity index (χ0n) is 32.2. The Morgan fingerprint density at radius 1 is 0.877 bits per heavy atom. The van der Waals surface area contributed by atoms with Gasteiger partial charge in [-0.2, -0.15) is 5.26 Å². The lowest BCUT2D eigenvalue weighted by atomic mass is 9.49. The molecule has 3 aromatic rings. The number of hydrogen-bond donors (Lipinski definition) is 2. The van der Waals surface area contributed by atoms with Gasteiger partial charge in [0.05, 0.1) is 28.3 Å². The number of hydrogen-bond acceptors (Lipinski definition) is 9. The summed E-state index contributed by atoms with van der Waals surface area (Å²) in [5, 5.41) is 15.0. The summed E-state index contributed by atoms with van der Waals surface area (Å²) < 4.78 is 6.38. The molecule has 1 aliphatic carbocycles. The molecule has 2 fully saturated rings. The van der Waals surface area contributed by atoms with Crippen LogP contribution >= 0.6 is 11.6 Å². The highest BCUT2D eigenvalue weighted by Gasteiger charge is 2.64. The summed E-state index contributed by atoms with van der Waals surface area (Å²) in [5.74, 6) is -1.79. The number of amides is 6. The smallest absolute Gasteiger partial charge is 0.262 e. The molecule has 0 bridgehead atoms. The fourth-order valence-electron chi connectivity index (χ4n) is 9.77. The zero-order chi connectivity index (χ0) is 40.6. The second kappa shape index (κ2) is 14.1. The van der Waals surface area contributed by atoms with Crippen LogP contribution in [0.2, 0.25) is 5.02 Å². The van der Waals surface area contributed by atoms with Gasteiger partial charge in [0.15, 0.2) is 0 Å². The van der Waals surface area contributed by atoms with Crippen molar-refractivity contribution in [1.29, 1.82) is 5.26 Å². The van der Waals surface area contributed by atoms with Crippen LogP contribution in [0.25, 0.3) is 0 Å². The van der Waals surface area contributed by atoms with E-state index >= 15 is 0 Å². The maximum atomic E-state index is 13.7. The van der Waals surface area contributed by atoms with E-state index in [1.54, 1.807) is 30.3 Å². The molecule has 13 nitrogen and oxygen atoms in total. The molecule has 5 aliphatic rings. The number of nitrogens with one attached hydrogen (secondary N) is 2. The third kappa shape index (κ3) is 6.64. The maximum Gasteiger partial charge on any atom is 0.262 e. The van der Waals surface area contributed by atoms with Gasteiger partial charge in [-0.3, -0.25) is 43.9 Å². The summed E-state index contributed by atoms with van der Waals surface area (Å²) in [5.41, 5.74) is 4.44. The summed E-state index contributed by atoms with van der Waals surface area (Å²) in [4.78, 5) is 82.9. The molecule has 1 saturated heterocycles. The van der Waals surface area contributed by atoms with E-state index < -0.39 is 40.5 Å². The third-order valence-corrected chi connectivity index (χ3v) is 12.8. The predicted molar refractivity (Wildman–Crippen MR) is 207 cm³/mol. The van der Waals surface area contributed by atoms with Crippen LogP contribution in [0, 0.1) is 22.2 Å². The van der Waals surface area contributed by atoms with Crippen molar-refractivity contribution in [3.8, 4) is 11.8 Å². The van der Waals surface area contributed by atoms with Gasteiger partial charge in [0, 0.05) is 61.1 Å². The second-order valence-electron chi connectivity index (χ2n) is 16.9. The van der Waals surface area contributed by atoms with Gasteiger partial charge in [0.2, 0.25) is 17.7 Å². The molecule has 3 aromatic carbocycles. The van der Waals surface area contributed by atoms with Gasteiger partial charge in [-0.05, 0) is 77.9 Å². The van der Waals surface area contributed by atoms with E-state index in [2.05, 4.69) is 44.4 Å². The van der Waals surface area contributed by atoms with Gasteiger partial charge >= 0.3 is 0 Å². The van der Waals surface area contributed by atoms with Crippen LogP contribution in [0.15, 0.2) is 48.5 Å². The van der Waals surface area contributed by atoms with Gasteiger partial charge in [-0.25, -0.2) is 0 Å². The summed E-state index contributed by atoms with van der Waals surface area (Å²) >= 11 is 6.25. The molecule has 4 heterocycles. The fraction of sp³-hybridized carbons (Fsp3) is 0.419. The van der Waals surface area contributed by atoms with Gasteiger partial charge in [0.1, 0.15) is 24.0 Å². The molecule has 14 heteroatoms. The summed E-state index contributed by atoms with van der Waals surface area (Å²) in [6.07, 6.45) is 1.19. The molecule has 294 valence electrons. The molecule has 57 heavy (non-hydrogen) atoms. The van der Waals surface area contributed by atoms with Gasteiger partial charge in [-0.15, -0.1) is 0 Å². The van der Waals surface area contributed by atoms with Crippen LogP contribution in [0.5, 0.6) is 5.75 Å². The molecule has 1 atom stereocenters. The lowest BCUT2D eigenvalue weighted by Gasteiger charge is -2.63. The van der Waals surface area contributed by atoms with Crippen LogP contribution in [0.4, 0.5) is 0 Å². The third-order valence-electron chi connectivity index (χ3n) is 12.5. The Balaban J connectivity index is 0.864. The first kappa shape index (κ1) is 38.3. The number of rotatable bonds is 7. The SMILES string of the molecule is CC1(C)[C@H](NC(=O)c2ccc3c(c2)CCN(C(=O)CN2Cc4cc5c(cc4C2)C(=O)N(C2CCC(=O)NC2=O)C5=O)CC3)C(C)(C)[C@H]1Oc1ccc(C#N)c(Cl)c1. The van der Waals surface area contributed by atoms with E-state index in [4.69, 9.17) is 16.3 Å². The molecule has 8 rings (SSSR count). The average molecular weight is 791 g/mol. The molecule has 4 aliphatic heterocycles. The Morgan fingerprint density at radius 3 is 2.14 bits per heavy atom. The minimum atomic E-state index is -1.02. The van der Waals surface area contributed by atoms with Crippen molar-refractivity contribution in [2.75, 3.05) is 19.6 Å². The van der Waals surface area contributed by atoms with Crippen molar-refractivity contribution in [2.24, 2.45) is 10.8 Å². The lowest BCUT2D eigenvalue weighted by molar-refractivity contribution is -0.164. The highest BCUT2D eigenvalue weighted by molar-refractivity contribution is 6.31. The molecule has 1 saturated carbocycles. The molecule has 2 N–H and O–H groups in total. The predicted octanol–water partition coefficient (Wildman–Crippen LogP) is 4.17. The van der Waals surface area contributed by atoms with Crippen molar-refractivity contribution in [3.05, 3.63) is 98.1 Å². The van der Waals surface area contributed by atoms with E-state index in [9.17, 15) is 34.0 Å². The topological polar surface area (TPSA) is 169 Å². The number of ether oxygens (including phenoxy) is 1. The minimum absolute atomic E-state index is 0.0215. The fourth-order valence-corrected chi connectivity index (χ4v) is 9.98. The lowest BCUT2D eigenvalue weighted by Crippen LogP contribution is -2.74. The number of benzene rings is 3.